The van der Waals surface area contributed by atoms with Crippen LogP contribution in [0.25, 0.3) is 0 Å². The first-order valence-electron chi connectivity index (χ1n) is 9.03. The van der Waals surface area contributed by atoms with Gasteiger partial charge in [-0.05, 0) is 42.7 Å². The maximum Gasteiger partial charge on any atom is 0.280 e. The molecule has 3 rings (SSSR count). The van der Waals surface area contributed by atoms with Crippen LogP contribution in [0, 0.1) is 6.92 Å². The van der Waals surface area contributed by atoms with E-state index in [1.807, 2.05) is 25.1 Å². The quantitative estimate of drug-likeness (QED) is 0.574. The van der Waals surface area contributed by atoms with Gasteiger partial charge in [0.25, 0.3) is 5.91 Å². The van der Waals surface area contributed by atoms with Crippen molar-refractivity contribution in [2.75, 3.05) is 16.4 Å². The molecule has 0 unspecified atom stereocenters. The summed E-state index contributed by atoms with van der Waals surface area (Å²) in [6.07, 6.45) is 0.766. The number of para-hydroxylation sites is 1. The van der Waals surface area contributed by atoms with E-state index in [0.717, 1.165) is 17.5 Å². The minimum absolute atomic E-state index is 0.00875. The maximum absolute atomic E-state index is 12.6. The molecule has 0 aliphatic heterocycles. The van der Waals surface area contributed by atoms with E-state index in [1.54, 1.807) is 31.2 Å². The molecule has 0 bridgehead atoms. The Labute approximate surface area is 173 Å². The molecule has 0 atom stereocenters. The van der Waals surface area contributed by atoms with Crippen LogP contribution in [-0.2, 0) is 17.8 Å². The van der Waals surface area contributed by atoms with E-state index < -0.39 is 5.91 Å². The molecule has 0 spiro atoms. The fraction of sp³-hybridized carbons (Fsp3) is 0.200. The number of nitrogens with one attached hydrogen (secondary N) is 2. The van der Waals surface area contributed by atoms with Crippen LogP contribution >= 0.6 is 11.6 Å². The largest absolute Gasteiger partial charge is 0.382 e. The van der Waals surface area contributed by atoms with Crippen LogP contribution in [0.4, 0.5) is 17.2 Å². The highest BCUT2D eigenvalue weighted by Crippen LogP contribution is 2.23. The van der Waals surface area contributed by atoms with Crippen molar-refractivity contribution in [3.63, 3.8) is 0 Å². The van der Waals surface area contributed by atoms with Crippen LogP contribution < -0.4 is 16.4 Å². The van der Waals surface area contributed by atoms with Gasteiger partial charge in [0.2, 0.25) is 5.91 Å². The number of hydrogen-bond acceptors (Lipinski definition) is 5. The van der Waals surface area contributed by atoms with E-state index in [-0.39, 0.29) is 24.0 Å². The first-order valence-corrected chi connectivity index (χ1v) is 9.41. The number of aromatic nitrogens is 3. The molecule has 2 aromatic carbocycles. The van der Waals surface area contributed by atoms with Crippen molar-refractivity contribution >= 4 is 40.6 Å². The molecule has 150 valence electrons. The first kappa shape index (κ1) is 20.3. The molecule has 8 nitrogen and oxygen atoms in total. The molecular weight excluding hydrogens is 392 g/mol. The number of anilines is 3. The lowest BCUT2D eigenvalue weighted by atomic mass is 10.1. The van der Waals surface area contributed by atoms with Gasteiger partial charge < -0.3 is 16.4 Å². The van der Waals surface area contributed by atoms with Crippen LogP contribution in [-0.4, -0.2) is 26.8 Å². The molecular formula is C20H21ClN6O2. The van der Waals surface area contributed by atoms with E-state index in [4.69, 9.17) is 17.3 Å². The number of hydrogen-bond donors (Lipinski definition) is 3. The van der Waals surface area contributed by atoms with Crippen LogP contribution in [0.1, 0.15) is 28.5 Å². The summed E-state index contributed by atoms with van der Waals surface area (Å²) < 4.78 is 1.18. The van der Waals surface area contributed by atoms with Gasteiger partial charge in [0.05, 0.1) is 0 Å². The smallest absolute Gasteiger partial charge is 0.280 e. The van der Waals surface area contributed by atoms with Gasteiger partial charge in [-0.15, -0.1) is 5.10 Å². The van der Waals surface area contributed by atoms with E-state index in [1.165, 1.54) is 4.68 Å². The summed E-state index contributed by atoms with van der Waals surface area (Å²) in [6.45, 7) is 3.61. The molecule has 0 aliphatic carbocycles. The normalized spacial score (nSPS) is 10.6. The number of nitrogen functional groups attached to an aromatic ring is 1. The monoisotopic (exact) mass is 412 g/mol. The van der Waals surface area contributed by atoms with Gasteiger partial charge in [0, 0.05) is 16.4 Å². The third kappa shape index (κ3) is 4.55. The number of rotatable bonds is 6. The molecule has 0 saturated carbocycles. The van der Waals surface area contributed by atoms with E-state index in [2.05, 4.69) is 20.9 Å². The second kappa shape index (κ2) is 8.74. The highest BCUT2D eigenvalue weighted by atomic mass is 35.5. The number of nitrogens with two attached hydrogens (primary N) is 1. The van der Waals surface area contributed by atoms with E-state index >= 15 is 0 Å². The summed E-state index contributed by atoms with van der Waals surface area (Å²) in [5.41, 5.74) is 8.98. The standard InChI is InChI=1S/C20H21ClN6O2/c1-3-13-7-4-5-9-16(13)24-20(29)18-19(22)27(26-25-18)11-17(28)23-15-10-6-8-14(21)12(15)2/h4-10H,3,11,22H2,1-2H3,(H,23,28)(H,24,29). The third-order valence-corrected chi connectivity index (χ3v) is 4.88. The zero-order valence-electron chi connectivity index (χ0n) is 16.1. The highest BCUT2D eigenvalue weighted by Gasteiger charge is 2.20. The van der Waals surface area contributed by atoms with Crippen molar-refractivity contribution in [3.05, 3.63) is 64.3 Å². The zero-order chi connectivity index (χ0) is 21.0. The summed E-state index contributed by atoms with van der Waals surface area (Å²) in [5, 5.41) is 13.8. The lowest BCUT2D eigenvalue weighted by Gasteiger charge is -2.10. The number of amides is 2. The average Bonchev–Trinajstić information content (AvgIpc) is 3.06. The Morgan fingerprint density at radius 2 is 1.83 bits per heavy atom. The minimum Gasteiger partial charge on any atom is -0.382 e. The molecule has 0 radical (unpaired) electrons. The number of benzene rings is 2. The Morgan fingerprint density at radius 1 is 1.10 bits per heavy atom. The molecule has 9 heteroatoms. The van der Waals surface area contributed by atoms with Crippen molar-refractivity contribution in [1.82, 2.24) is 15.0 Å². The maximum atomic E-state index is 12.6. The Kier molecular flexibility index (Phi) is 6.13. The molecule has 0 saturated heterocycles. The van der Waals surface area contributed by atoms with E-state index in [9.17, 15) is 9.59 Å². The minimum atomic E-state index is -0.485. The Hall–Kier alpha value is -3.39. The van der Waals surface area contributed by atoms with Crippen LogP contribution in [0.2, 0.25) is 5.02 Å². The van der Waals surface area contributed by atoms with Crippen molar-refractivity contribution in [2.24, 2.45) is 0 Å². The lowest BCUT2D eigenvalue weighted by Crippen LogP contribution is -2.22. The SMILES string of the molecule is CCc1ccccc1NC(=O)c1nnn(CC(=O)Nc2cccc(Cl)c2C)c1N. The molecule has 4 N–H and O–H groups in total. The summed E-state index contributed by atoms with van der Waals surface area (Å²) in [4.78, 5) is 24.9. The molecule has 1 heterocycles. The van der Waals surface area contributed by atoms with Crippen molar-refractivity contribution in [2.45, 2.75) is 26.8 Å². The van der Waals surface area contributed by atoms with Crippen molar-refractivity contribution in [1.29, 1.82) is 0 Å². The number of carbonyl (C=O) groups is 2. The number of carbonyl (C=O) groups excluding carboxylic acids is 2. The summed E-state index contributed by atoms with van der Waals surface area (Å²) in [5.74, 6) is -0.842. The summed E-state index contributed by atoms with van der Waals surface area (Å²) >= 11 is 6.07. The zero-order valence-corrected chi connectivity index (χ0v) is 16.8. The van der Waals surface area contributed by atoms with Gasteiger partial charge in [0.15, 0.2) is 11.5 Å². The summed E-state index contributed by atoms with van der Waals surface area (Å²) in [6, 6.07) is 12.7. The Morgan fingerprint density at radius 3 is 2.59 bits per heavy atom. The average molecular weight is 413 g/mol. The second-order valence-electron chi connectivity index (χ2n) is 6.41. The Bertz CT molecular complexity index is 1060. The molecule has 1 aromatic heterocycles. The molecule has 2 amide bonds. The van der Waals surface area contributed by atoms with Crippen LogP contribution in [0.3, 0.4) is 0 Å². The predicted octanol–water partition coefficient (Wildman–Crippen LogP) is 3.28. The van der Waals surface area contributed by atoms with Crippen LogP contribution in [0.15, 0.2) is 42.5 Å². The molecule has 0 fully saturated rings. The molecule has 29 heavy (non-hydrogen) atoms. The molecule has 3 aromatic rings. The van der Waals surface area contributed by atoms with Gasteiger partial charge >= 0.3 is 0 Å². The Balaban J connectivity index is 1.71. The lowest BCUT2D eigenvalue weighted by molar-refractivity contribution is -0.116. The van der Waals surface area contributed by atoms with Gasteiger partial charge in [-0.25, -0.2) is 4.68 Å². The van der Waals surface area contributed by atoms with Gasteiger partial charge in [-0.1, -0.05) is 48.0 Å². The molecule has 0 aliphatic rings. The second-order valence-corrected chi connectivity index (χ2v) is 6.81. The van der Waals surface area contributed by atoms with Crippen molar-refractivity contribution < 1.29 is 9.59 Å². The fourth-order valence-corrected chi connectivity index (χ4v) is 2.97. The van der Waals surface area contributed by atoms with E-state index in [0.29, 0.717) is 16.4 Å². The van der Waals surface area contributed by atoms with Gasteiger partial charge in [0.1, 0.15) is 6.54 Å². The number of halogens is 1. The number of aryl methyl sites for hydroxylation is 1. The topological polar surface area (TPSA) is 115 Å². The van der Waals surface area contributed by atoms with Gasteiger partial charge in [-0.2, -0.15) is 0 Å². The first-order chi connectivity index (χ1) is 13.9. The van der Waals surface area contributed by atoms with Gasteiger partial charge in [-0.3, -0.25) is 9.59 Å². The predicted molar refractivity (Wildman–Crippen MR) is 113 cm³/mol. The number of nitrogens with zero attached hydrogens (tertiary/aromatic N) is 3. The van der Waals surface area contributed by atoms with Crippen LogP contribution in [0.5, 0.6) is 0 Å². The third-order valence-electron chi connectivity index (χ3n) is 4.47. The highest BCUT2D eigenvalue weighted by molar-refractivity contribution is 6.31. The van der Waals surface area contributed by atoms with Crippen molar-refractivity contribution in [3.8, 4) is 0 Å². The fourth-order valence-electron chi connectivity index (χ4n) is 2.80. The summed E-state index contributed by atoms with van der Waals surface area (Å²) in [7, 11) is 0.